The molecule has 0 saturated carbocycles. The normalized spacial score (nSPS) is 14.3. The molecule has 0 aromatic heterocycles. The first-order valence-corrected chi connectivity index (χ1v) is 13.5. The SMILES string of the molecule is COc1ccc(NC(=O)CN2C(=O)S/C(=C/c3cc(Br)ccc3Oc3ccc(C(F)(F)F)cc3[N+](=O)[O-])C2=O)cc1Cl. The summed E-state index contributed by atoms with van der Waals surface area (Å²) >= 11 is 9.85. The van der Waals surface area contributed by atoms with Gasteiger partial charge in [0.2, 0.25) is 11.7 Å². The smallest absolute Gasteiger partial charge is 0.416 e. The second-order valence-corrected chi connectivity index (χ2v) is 10.7. The average molecular weight is 687 g/mol. The highest BCUT2D eigenvalue weighted by molar-refractivity contribution is 9.10. The van der Waals surface area contributed by atoms with Crippen LogP contribution in [0.5, 0.6) is 17.2 Å². The Balaban J connectivity index is 1.56. The summed E-state index contributed by atoms with van der Waals surface area (Å²) in [4.78, 5) is 49.3. The van der Waals surface area contributed by atoms with Crippen LogP contribution in [0.3, 0.4) is 0 Å². The fraction of sp³-hybridized carbons (Fsp3) is 0.115. The number of nitrogens with zero attached hydrogens (tertiary/aromatic N) is 2. The number of nitro groups is 1. The number of thioether (sulfide) groups is 1. The van der Waals surface area contributed by atoms with Crippen LogP contribution in [-0.2, 0) is 15.8 Å². The van der Waals surface area contributed by atoms with Crippen molar-refractivity contribution in [3.05, 3.63) is 90.2 Å². The monoisotopic (exact) mass is 685 g/mol. The molecule has 218 valence electrons. The minimum absolute atomic E-state index is 0.0537. The Hall–Kier alpha value is -4.08. The molecule has 10 nitrogen and oxygen atoms in total. The van der Waals surface area contributed by atoms with Gasteiger partial charge in [-0.1, -0.05) is 27.5 Å². The highest BCUT2D eigenvalue weighted by Crippen LogP contribution is 2.40. The van der Waals surface area contributed by atoms with Crippen molar-refractivity contribution in [3.8, 4) is 17.2 Å². The molecule has 16 heteroatoms. The highest BCUT2D eigenvalue weighted by atomic mass is 79.9. The van der Waals surface area contributed by atoms with Gasteiger partial charge in [-0.15, -0.1) is 0 Å². The lowest BCUT2D eigenvalue weighted by atomic mass is 10.1. The van der Waals surface area contributed by atoms with Crippen molar-refractivity contribution in [3.63, 3.8) is 0 Å². The fourth-order valence-electron chi connectivity index (χ4n) is 3.63. The number of carbonyl (C=O) groups excluding carboxylic acids is 3. The summed E-state index contributed by atoms with van der Waals surface area (Å²) in [6.45, 7) is -0.606. The summed E-state index contributed by atoms with van der Waals surface area (Å²) < 4.78 is 50.4. The number of amides is 3. The Morgan fingerprint density at radius 3 is 2.45 bits per heavy atom. The third-order valence-corrected chi connectivity index (χ3v) is 7.27. The predicted molar refractivity (Wildman–Crippen MR) is 152 cm³/mol. The second kappa shape index (κ2) is 12.4. The Morgan fingerprint density at radius 2 is 1.81 bits per heavy atom. The van der Waals surface area contributed by atoms with Crippen molar-refractivity contribution in [2.45, 2.75) is 6.18 Å². The first-order valence-electron chi connectivity index (χ1n) is 11.5. The van der Waals surface area contributed by atoms with Crippen LogP contribution in [0.25, 0.3) is 6.08 Å². The maximum atomic E-state index is 13.1. The van der Waals surface area contributed by atoms with Gasteiger partial charge in [-0.2, -0.15) is 13.2 Å². The largest absolute Gasteiger partial charge is 0.495 e. The van der Waals surface area contributed by atoms with E-state index in [0.717, 1.165) is 11.0 Å². The van der Waals surface area contributed by atoms with Crippen LogP contribution in [0, 0.1) is 10.1 Å². The molecule has 1 aliphatic rings. The molecule has 4 rings (SSSR count). The van der Waals surface area contributed by atoms with Gasteiger partial charge in [0, 0.05) is 21.8 Å². The van der Waals surface area contributed by atoms with Gasteiger partial charge in [0.15, 0.2) is 0 Å². The van der Waals surface area contributed by atoms with Gasteiger partial charge in [-0.05, 0) is 66.4 Å². The van der Waals surface area contributed by atoms with E-state index in [1.165, 1.54) is 49.6 Å². The van der Waals surface area contributed by atoms with Gasteiger partial charge in [-0.3, -0.25) is 29.4 Å². The van der Waals surface area contributed by atoms with E-state index in [4.69, 9.17) is 21.1 Å². The van der Waals surface area contributed by atoms with Crippen molar-refractivity contribution < 1.29 is 42.0 Å². The summed E-state index contributed by atoms with van der Waals surface area (Å²) in [6, 6.07) is 10.6. The zero-order chi connectivity index (χ0) is 30.8. The number of nitrogens with one attached hydrogen (secondary N) is 1. The number of methoxy groups -OCH3 is 1. The van der Waals surface area contributed by atoms with Gasteiger partial charge < -0.3 is 14.8 Å². The van der Waals surface area contributed by atoms with E-state index >= 15 is 0 Å². The first-order chi connectivity index (χ1) is 19.8. The molecule has 0 atom stereocenters. The molecule has 0 radical (unpaired) electrons. The number of halogens is 5. The standard InChI is InChI=1S/C26H16BrClF3N3O7S/c1-40-20-7-4-16(11-17(20)28)32-23(35)12-33-24(36)22(42-25(33)37)9-13-8-15(27)3-6-19(13)41-21-5-2-14(26(29,30)31)10-18(21)34(38)39/h2-11H,12H2,1H3,(H,32,35)/b22-9+. The Kier molecular flexibility index (Phi) is 9.13. The lowest BCUT2D eigenvalue weighted by Crippen LogP contribution is -2.36. The number of carbonyl (C=O) groups is 3. The van der Waals surface area contributed by atoms with E-state index in [1.54, 1.807) is 0 Å². The quantitative estimate of drug-likeness (QED) is 0.147. The summed E-state index contributed by atoms with van der Waals surface area (Å²) in [7, 11) is 1.43. The predicted octanol–water partition coefficient (Wildman–Crippen LogP) is 7.51. The highest BCUT2D eigenvalue weighted by Gasteiger charge is 2.37. The number of rotatable bonds is 8. The van der Waals surface area contributed by atoms with E-state index in [-0.39, 0.29) is 21.2 Å². The molecule has 1 heterocycles. The van der Waals surface area contributed by atoms with Crippen LogP contribution in [0.15, 0.2) is 64.0 Å². The van der Waals surface area contributed by atoms with Gasteiger partial charge in [0.25, 0.3) is 11.1 Å². The Bertz CT molecular complexity index is 1650. The number of hydrogen-bond acceptors (Lipinski definition) is 8. The maximum absolute atomic E-state index is 13.1. The average Bonchev–Trinajstić information content (AvgIpc) is 3.17. The molecule has 42 heavy (non-hydrogen) atoms. The number of ether oxygens (including phenoxy) is 2. The van der Waals surface area contributed by atoms with E-state index in [0.29, 0.717) is 39.8 Å². The van der Waals surface area contributed by atoms with Crippen LogP contribution >= 0.6 is 39.3 Å². The van der Waals surface area contributed by atoms with Gasteiger partial charge in [0.05, 0.1) is 27.5 Å². The van der Waals surface area contributed by atoms with Crippen LogP contribution in [0.4, 0.5) is 29.3 Å². The molecular weight excluding hydrogens is 671 g/mol. The summed E-state index contributed by atoms with van der Waals surface area (Å²) in [5.74, 6) is -1.62. The van der Waals surface area contributed by atoms with Crippen LogP contribution in [0.1, 0.15) is 11.1 Å². The Morgan fingerprint density at radius 1 is 1.12 bits per heavy atom. The van der Waals surface area contributed by atoms with Crippen LogP contribution in [0.2, 0.25) is 5.02 Å². The maximum Gasteiger partial charge on any atom is 0.416 e. The summed E-state index contributed by atoms with van der Waals surface area (Å²) in [5.41, 5.74) is -1.68. The van der Waals surface area contributed by atoms with Crippen LogP contribution < -0.4 is 14.8 Å². The molecule has 3 aromatic rings. The number of nitro benzene ring substituents is 1. The van der Waals surface area contributed by atoms with E-state index in [2.05, 4.69) is 21.2 Å². The topological polar surface area (TPSA) is 128 Å². The molecular formula is C26H16BrClF3N3O7S. The second-order valence-electron chi connectivity index (χ2n) is 8.39. The number of benzene rings is 3. The van der Waals surface area contributed by atoms with Crippen molar-refractivity contribution in [1.82, 2.24) is 4.90 Å². The minimum Gasteiger partial charge on any atom is -0.495 e. The molecule has 3 aromatic carbocycles. The van der Waals surface area contributed by atoms with E-state index < -0.39 is 51.7 Å². The summed E-state index contributed by atoms with van der Waals surface area (Å²) in [5, 5.41) is 13.5. The fourth-order valence-corrected chi connectivity index (χ4v) is 5.10. The molecule has 1 fully saturated rings. The number of anilines is 1. The molecule has 0 unspecified atom stereocenters. The molecule has 0 spiro atoms. The lowest BCUT2D eigenvalue weighted by molar-refractivity contribution is -0.385. The van der Waals surface area contributed by atoms with Gasteiger partial charge in [-0.25, -0.2) is 0 Å². The van der Waals surface area contributed by atoms with Gasteiger partial charge >= 0.3 is 11.9 Å². The number of hydrogen-bond donors (Lipinski definition) is 1. The van der Waals surface area contributed by atoms with Crippen molar-refractivity contribution >= 4 is 73.8 Å². The third-order valence-electron chi connectivity index (χ3n) is 5.57. The van der Waals surface area contributed by atoms with E-state index in [9.17, 15) is 37.7 Å². The zero-order valence-corrected chi connectivity index (χ0v) is 24.2. The van der Waals surface area contributed by atoms with Gasteiger partial charge in [0.1, 0.15) is 18.0 Å². The number of imide groups is 1. The molecule has 0 aliphatic carbocycles. The molecule has 1 N–H and O–H groups in total. The lowest BCUT2D eigenvalue weighted by Gasteiger charge is -2.13. The first kappa shape index (κ1) is 30.9. The number of alkyl halides is 3. The molecule has 3 amide bonds. The minimum atomic E-state index is -4.81. The molecule has 1 saturated heterocycles. The van der Waals surface area contributed by atoms with E-state index in [1.807, 2.05) is 0 Å². The Labute approximate surface area is 252 Å². The van der Waals surface area contributed by atoms with Crippen molar-refractivity contribution in [2.75, 3.05) is 19.0 Å². The zero-order valence-electron chi connectivity index (χ0n) is 21.0. The van der Waals surface area contributed by atoms with Crippen molar-refractivity contribution in [1.29, 1.82) is 0 Å². The van der Waals surface area contributed by atoms with Crippen LogP contribution in [-0.4, -0.2) is 40.5 Å². The van der Waals surface area contributed by atoms with Crippen molar-refractivity contribution in [2.24, 2.45) is 0 Å². The molecule has 1 aliphatic heterocycles. The third kappa shape index (κ3) is 7.03. The summed E-state index contributed by atoms with van der Waals surface area (Å²) in [6.07, 6.45) is -3.55. The molecule has 0 bridgehead atoms.